The van der Waals surface area contributed by atoms with Crippen molar-refractivity contribution in [3.63, 3.8) is 0 Å². The molecule has 2 heterocycles. The van der Waals surface area contributed by atoms with E-state index in [1.807, 2.05) is 37.4 Å². The van der Waals surface area contributed by atoms with E-state index in [1.165, 1.54) is 4.88 Å². The third kappa shape index (κ3) is 3.49. The zero-order chi connectivity index (χ0) is 14.7. The number of benzene rings is 1. The number of carbonyl (C=O) groups is 1. The molecule has 0 radical (unpaired) electrons. The summed E-state index contributed by atoms with van der Waals surface area (Å²) in [6, 6.07) is 7.59. The van der Waals surface area contributed by atoms with Gasteiger partial charge in [0.2, 0.25) is 0 Å². The summed E-state index contributed by atoms with van der Waals surface area (Å²) in [6.07, 6.45) is 4.20. The van der Waals surface area contributed by atoms with Crippen LogP contribution in [0.1, 0.15) is 39.6 Å². The number of amides is 1. The minimum atomic E-state index is -0.0927. The summed E-state index contributed by atoms with van der Waals surface area (Å²) >= 11 is 1.60. The Bertz CT molecular complexity index is 632. The highest BCUT2D eigenvalue weighted by molar-refractivity contribution is 7.15. The van der Waals surface area contributed by atoms with Crippen molar-refractivity contribution >= 4 is 22.4 Å². The van der Waals surface area contributed by atoms with Crippen molar-refractivity contribution in [3.05, 3.63) is 46.5 Å². The monoisotopic (exact) mass is 301 g/mol. The molecule has 1 saturated heterocycles. The fourth-order valence-electron chi connectivity index (χ4n) is 2.60. The molecule has 5 heteroatoms. The van der Waals surface area contributed by atoms with Crippen LogP contribution in [0.25, 0.3) is 0 Å². The molecule has 1 aliphatic heterocycles. The molecule has 0 bridgehead atoms. The maximum Gasteiger partial charge on any atom is 0.257 e. The molecule has 0 unspecified atom stereocenters. The Balaban J connectivity index is 1.68. The molecular weight excluding hydrogens is 282 g/mol. The van der Waals surface area contributed by atoms with Gasteiger partial charge >= 0.3 is 0 Å². The van der Waals surface area contributed by atoms with Gasteiger partial charge in [0.15, 0.2) is 5.13 Å². The molecule has 2 aromatic rings. The molecule has 21 heavy (non-hydrogen) atoms. The van der Waals surface area contributed by atoms with Crippen LogP contribution in [0, 0.1) is 6.92 Å². The first-order chi connectivity index (χ1) is 10.2. The van der Waals surface area contributed by atoms with Gasteiger partial charge in [0.25, 0.3) is 5.91 Å². The molecule has 2 N–H and O–H groups in total. The largest absolute Gasteiger partial charge is 0.317 e. The molecule has 0 aliphatic carbocycles. The fourth-order valence-corrected chi connectivity index (χ4v) is 3.58. The maximum atomic E-state index is 12.2. The second-order valence-electron chi connectivity index (χ2n) is 5.42. The van der Waals surface area contributed by atoms with E-state index in [0.29, 0.717) is 16.6 Å². The molecule has 1 aliphatic rings. The van der Waals surface area contributed by atoms with Crippen LogP contribution >= 0.6 is 11.3 Å². The molecule has 0 spiro atoms. The van der Waals surface area contributed by atoms with Gasteiger partial charge < -0.3 is 5.32 Å². The van der Waals surface area contributed by atoms with Crippen molar-refractivity contribution in [1.29, 1.82) is 0 Å². The van der Waals surface area contributed by atoms with Crippen LogP contribution in [0.3, 0.4) is 0 Å². The fraction of sp³-hybridized carbons (Fsp3) is 0.375. The van der Waals surface area contributed by atoms with Gasteiger partial charge in [-0.1, -0.05) is 17.7 Å². The van der Waals surface area contributed by atoms with Crippen LogP contribution in [0.4, 0.5) is 5.13 Å². The average molecular weight is 301 g/mol. The number of aryl methyl sites for hydroxylation is 1. The van der Waals surface area contributed by atoms with Crippen LogP contribution < -0.4 is 10.6 Å². The zero-order valence-corrected chi connectivity index (χ0v) is 12.9. The highest BCUT2D eigenvalue weighted by Gasteiger charge is 2.18. The summed E-state index contributed by atoms with van der Waals surface area (Å²) in [5.41, 5.74) is 1.76. The minimum Gasteiger partial charge on any atom is -0.317 e. The van der Waals surface area contributed by atoms with Gasteiger partial charge in [-0.15, -0.1) is 11.3 Å². The van der Waals surface area contributed by atoms with Crippen molar-refractivity contribution in [2.45, 2.75) is 25.7 Å². The van der Waals surface area contributed by atoms with E-state index in [1.54, 1.807) is 11.3 Å². The van der Waals surface area contributed by atoms with Crippen LogP contribution in [-0.4, -0.2) is 24.0 Å². The zero-order valence-electron chi connectivity index (χ0n) is 12.1. The second-order valence-corrected chi connectivity index (χ2v) is 6.48. The lowest BCUT2D eigenvalue weighted by molar-refractivity contribution is 0.102. The summed E-state index contributed by atoms with van der Waals surface area (Å²) in [4.78, 5) is 17.8. The molecule has 4 nitrogen and oxygen atoms in total. The standard InChI is InChI=1S/C16H19N3OS/c1-11-3-2-4-13(9-11)15(20)19-16-18-10-14(21-16)12-5-7-17-8-6-12/h2-4,9-10,12,17H,5-8H2,1H3,(H,18,19,20). The van der Waals surface area contributed by atoms with E-state index in [4.69, 9.17) is 0 Å². The van der Waals surface area contributed by atoms with Gasteiger partial charge in [-0.3, -0.25) is 10.1 Å². The molecule has 3 rings (SSSR count). The Morgan fingerprint density at radius 3 is 2.95 bits per heavy atom. The first-order valence-electron chi connectivity index (χ1n) is 7.27. The van der Waals surface area contributed by atoms with Crippen molar-refractivity contribution in [2.75, 3.05) is 18.4 Å². The first kappa shape index (κ1) is 14.2. The van der Waals surface area contributed by atoms with Gasteiger partial charge in [0, 0.05) is 16.6 Å². The van der Waals surface area contributed by atoms with Crippen molar-refractivity contribution < 1.29 is 4.79 Å². The van der Waals surface area contributed by atoms with Crippen molar-refractivity contribution in [2.24, 2.45) is 0 Å². The summed E-state index contributed by atoms with van der Waals surface area (Å²) in [6.45, 7) is 4.11. The minimum absolute atomic E-state index is 0.0927. The van der Waals surface area contributed by atoms with Crippen LogP contribution in [0.2, 0.25) is 0 Å². The van der Waals surface area contributed by atoms with Crippen LogP contribution in [0.5, 0.6) is 0 Å². The number of hydrogen-bond donors (Lipinski definition) is 2. The lowest BCUT2D eigenvalue weighted by Gasteiger charge is -2.20. The molecule has 1 fully saturated rings. The third-order valence-corrected chi connectivity index (χ3v) is 4.84. The molecular formula is C16H19N3OS. The number of nitrogens with zero attached hydrogens (tertiary/aromatic N) is 1. The lowest BCUT2D eigenvalue weighted by atomic mass is 9.97. The van der Waals surface area contributed by atoms with E-state index < -0.39 is 0 Å². The summed E-state index contributed by atoms with van der Waals surface area (Å²) < 4.78 is 0. The Labute approximate surface area is 128 Å². The Morgan fingerprint density at radius 1 is 1.38 bits per heavy atom. The van der Waals surface area contributed by atoms with Gasteiger partial charge in [0.1, 0.15) is 0 Å². The first-order valence-corrected chi connectivity index (χ1v) is 8.08. The molecule has 110 valence electrons. The summed E-state index contributed by atoms with van der Waals surface area (Å²) in [5.74, 6) is 0.485. The molecule has 1 aromatic carbocycles. The highest BCUT2D eigenvalue weighted by atomic mass is 32.1. The molecule has 1 amide bonds. The molecule has 0 atom stereocenters. The van der Waals surface area contributed by atoms with Gasteiger partial charge in [0.05, 0.1) is 0 Å². The highest BCUT2D eigenvalue weighted by Crippen LogP contribution is 2.31. The number of rotatable bonds is 3. The SMILES string of the molecule is Cc1cccc(C(=O)Nc2ncc(C3CCNCC3)s2)c1. The molecule has 1 aromatic heterocycles. The summed E-state index contributed by atoms with van der Waals surface area (Å²) in [5, 5.41) is 6.95. The number of aromatic nitrogens is 1. The lowest BCUT2D eigenvalue weighted by Crippen LogP contribution is -2.26. The predicted molar refractivity (Wildman–Crippen MR) is 86.1 cm³/mol. The topological polar surface area (TPSA) is 54.0 Å². The number of nitrogens with one attached hydrogen (secondary N) is 2. The van der Waals surface area contributed by atoms with Crippen molar-refractivity contribution in [3.8, 4) is 0 Å². The van der Waals surface area contributed by atoms with Crippen molar-refractivity contribution in [1.82, 2.24) is 10.3 Å². The van der Waals surface area contributed by atoms with Gasteiger partial charge in [-0.25, -0.2) is 4.98 Å². The van der Waals surface area contributed by atoms with E-state index in [2.05, 4.69) is 15.6 Å². The smallest absolute Gasteiger partial charge is 0.257 e. The average Bonchev–Trinajstić information content (AvgIpc) is 2.97. The Hall–Kier alpha value is -1.72. The number of hydrogen-bond acceptors (Lipinski definition) is 4. The number of carbonyl (C=O) groups excluding carboxylic acids is 1. The Morgan fingerprint density at radius 2 is 2.19 bits per heavy atom. The number of anilines is 1. The van der Waals surface area contributed by atoms with Crippen LogP contribution in [-0.2, 0) is 0 Å². The predicted octanol–water partition coefficient (Wildman–Crippen LogP) is 3.17. The van der Waals surface area contributed by atoms with E-state index in [9.17, 15) is 4.79 Å². The van der Waals surface area contributed by atoms with E-state index in [-0.39, 0.29) is 5.91 Å². The van der Waals surface area contributed by atoms with E-state index in [0.717, 1.165) is 31.5 Å². The number of thiazole rings is 1. The quantitative estimate of drug-likeness (QED) is 0.915. The van der Waals surface area contributed by atoms with Crippen LogP contribution in [0.15, 0.2) is 30.5 Å². The Kier molecular flexibility index (Phi) is 4.31. The van der Waals surface area contributed by atoms with E-state index >= 15 is 0 Å². The molecule has 0 saturated carbocycles. The second kappa shape index (κ2) is 6.37. The van der Waals surface area contributed by atoms with Gasteiger partial charge in [-0.05, 0) is 50.9 Å². The van der Waals surface area contributed by atoms with Gasteiger partial charge in [-0.2, -0.15) is 0 Å². The maximum absolute atomic E-state index is 12.2. The number of piperidine rings is 1. The summed E-state index contributed by atoms with van der Waals surface area (Å²) in [7, 11) is 0. The normalized spacial score (nSPS) is 15.9. The third-order valence-electron chi connectivity index (χ3n) is 3.77.